The molecule has 1 heterocycles. The van der Waals surface area contributed by atoms with Gasteiger partial charge < -0.3 is 5.73 Å². The van der Waals surface area contributed by atoms with E-state index < -0.39 is 0 Å². The van der Waals surface area contributed by atoms with Crippen molar-refractivity contribution in [3.8, 4) is 11.3 Å². The lowest BCUT2D eigenvalue weighted by molar-refractivity contribution is 1.33. The van der Waals surface area contributed by atoms with Crippen LogP contribution in [-0.2, 0) is 0 Å². The minimum atomic E-state index is 0.516. The van der Waals surface area contributed by atoms with E-state index in [1.54, 1.807) is 6.07 Å². The van der Waals surface area contributed by atoms with Crippen LogP contribution in [0.25, 0.3) is 11.3 Å². The van der Waals surface area contributed by atoms with E-state index in [-0.39, 0.29) is 0 Å². The van der Waals surface area contributed by atoms with Gasteiger partial charge in [0.25, 0.3) is 0 Å². The Morgan fingerprint density at radius 1 is 1.07 bits per heavy atom. The van der Waals surface area contributed by atoms with E-state index in [4.69, 9.17) is 17.3 Å². The predicted octanol–water partition coefficient (Wildman–Crippen LogP) is 2.98. The van der Waals surface area contributed by atoms with Gasteiger partial charge in [-0.2, -0.15) is 0 Å². The number of nitrogens with zero attached hydrogens (tertiary/aromatic N) is 1. The van der Waals surface area contributed by atoms with Gasteiger partial charge in [0.1, 0.15) is 5.82 Å². The molecule has 0 amide bonds. The Kier molecular flexibility index (Phi) is 2.37. The van der Waals surface area contributed by atoms with Gasteiger partial charge in [0.05, 0.1) is 5.69 Å². The summed E-state index contributed by atoms with van der Waals surface area (Å²) < 4.78 is 0. The Balaban J connectivity index is 2.49. The van der Waals surface area contributed by atoms with E-state index in [1.807, 2.05) is 36.4 Å². The van der Waals surface area contributed by atoms with E-state index >= 15 is 0 Å². The quantitative estimate of drug-likeness (QED) is 0.776. The summed E-state index contributed by atoms with van der Waals surface area (Å²) in [5, 5.41) is 0.701. The minimum absolute atomic E-state index is 0.516. The van der Waals surface area contributed by atoms with Gasteiger partial charge >= 0.3 is 0 Å². The fraction of sp³-hybridized carbons (Fsp3) is 0. The van der Waals surface area contributed by atoms with Gasteiger partial charge in [-0.05, 0) is 24.3 Å². The third-order valence-corrected chi connectivity index (χ3v) is 2.13. The van der Waals surface area contributed by atoms with Crippen molar-refractivity contribution in [2.24, 2.45) is 0 Å². The molecule has 0 aliphatic rings. The standard InChI is InChI=1S/C11H9ClN2/c12-9-4-1-3-8(7-9)10-5-2-6-11(13)14-10/h1-7H,(H2,13,14). The van der Waals surface area contributed by atoms with Crippen LogP contribution in [0.3, 0.4) is 0 Å². The Morgan fingerprint density at radius 3 is 2.57 bits per heavy atom. The Hall–Kier alpha value is -1.54. The van der Waals surface area contributed by atoms with Gasteiger partial charge in [-0.25, -0.2) is 4.98 Å². The predicted molar refractivity (Wildman–Crippen MR) is 59.1 cm³/mol. The van der Waals surface area contributed by atoms with Crippen molar-refractivity contribution in [2.45, 2.75) is 0 Å². The number of aromatic nitrogens is 1. The summed E-state index contributed by atoms with van der Waals surface area (Å²) in [6.45, 7) is 0. The summed E-state index contributed by atoms with van der Waals surface area (Å²) in [6, 6.07) is 13.1. The number of pyridine rings is 1. The molecule has 0 unspecified atom stereocenters. The van der Waals surface area contributed by atoms with Crippen molar-refractivity contribution in [1.29, 1.82) is 0 Å². The molecule has 0 saturated heterocycles. The highest BCUT2D eigenvalue weighted by Crippen LogP contribution is 2.21. The number of nitrogens with two attached hydrogens (primary N) is 1. The molecular formula is C11H9ClN2. The molecule has 14 heavy (non-hydrogen) atoms. The van der Waals surface area contributed by atoms with Crippen LogP contribution in [0.1, 0.15) is 0 Å². The molecule has 2 aromatic rings. The first-order valence-electron chi connectivity index (χ1n) is 4.24. The molecule has 1 aromatic heterocycles. The highest BCUT2D eigenvalue weighted by molar-refractivity contribution is 6.30. The summed E-state index contributed by atoms with van der Waals surface area (Å²) in [5.74, 6) is 0.516. The molecule has 2 N–H and O–H groups in total. The van der Waals surface area contributed by atoms with Gasteiger partial charge in [0.15, 0.2) is 0 Å². The van der Waals surface area contributed by atoms with Crippen LogP contribution in [0.2, 0.25) is 5.02 Å². The second kappa shape index (κ2) is 3.68. The average molecular weight is 205 g/mol. The van der Waals surface area contributed by atoms with Gasteiger partial charge in [-0.3, -0.25) is 0 Å². The molecule has 0 saturated carbocycles. The van der Waals surface area contributed by atoms with E-state index in [0.717, 1.165) is 11.3 Å². The van der Waals surface area contributed by atoms with Crippen molar-refractivity contribution in [2.75, 3.05) is 5.73 Å². The molecule has 0 spiro atoms. The molecule has 0 atom stereocenters. The highest BCUT2D eigenvalue weighted by atomic mass is 35.5. The summed E-state index contributed by atoms with van der Waals surface area (Å²) >= 11 is 5.88. The SMILES string of the molecule is Nc1cccc(-c2cccc(Cl)c2)n1. The molecule has 0 aliphatic heterocycles. The van der Waals surface area contributed by atoms with Crippen LogP contribution in [0.5, 0.6) is 0 Å². The summed E-state index contributed by atoms with van der Waals surface area (Å²) in [5.41, 5.74) is 7.41. The number of benzene rings is 1. The van der Waals surface area contributed by atoms with Crippen LogP contribution in [-0.4, -0.2) is 4.98 Å². The Morgan fingerprint density at radius 2 is 1.86 bits per heavy atom. The number of halogens is 1. The molecule has 3 heteroatoms. The maximum Gasteiger partial charge on any atom is 0.124 e. The van der Waals surface area contributed by atoms with Crippen molar-refractivity contribution < 1.29 is 0 Å². The minimum Gasteiger partial charge on any atom is -0.384 e. The summed E-state index contributed by atoms with van der Waals surface area (Å²) in [6.07, 6.45) is 0. The molecular weight excluding hydrogens is 196 g/mol. The van der Waals surface area contributed by atoms with Crippen LogP contribution in [0, 0.1) is 0 Å². The molecule has 1 aromatic carbocycles. The number of hydrogen-bond acceptors (Lipinski definition) is 2. The van der Waals surface area contributed by atoms with Gasteiger partial charge in [0.2, 0.25) is 0 Å². The molecule has 2 nitrogen and oxygen atoms in total. The number of hydrogen-bond donors (Lipinski definition) is 1. The fourth-order valence-electron chi connectivity index (χ4n) is 1.26. The first-order chi connectivity index (χ1) is 6.75. The third-order valence-electron chi connectivity index (χ3n) is 1.89. The second-order valence-electron chi connectivity index (χ2n) is 2.96. The first kappa shape index (κ1) is 9.03. The zero-order chi connectivity index (χ0) is 9.97. The number of nitrogen functional groups attached to an aromatic ring is 1. The lowest BCUT2D eigenvalue weighted by Crippen LogP contribution is -1.90. The second-order valence-corrected chi connectivity index (χ2v) is 3.39. The number of rotatable bonds is 1. The summed E-state index contributed by atoms with van der Waals surface area (Å²) in [7, 11) is 0. The van der Waals surface area contributed by atoms with Gasteiger partial charge in [-0.1, -0.05) is 29.8 Å². The van der Waals surface area contributed by atoms with Crippen LogP contribution in [0.4, 0.5) is 5.82 Å². The zero-order valence-corrected chi connectivity index (χ0v) is 8.20. The van der Waals surface area contributed by atoms with Crippen molar-refractivity contribution in [1.82, 2.24) is 4.98 Å². The topological polar surface area (TPSA) is 38.9 Å². The fourth-order valence-corrected chi connectivity index (χ4v) is 1.45. The van der Waals surface area contributed by atoms with Gasteiger partial charge in [0, 0.05) is 10.6 Å². The molecule has 0 bridgehead atoms. The van der Waals surface area contributed by atoms with E-state index in [2.05, 4.69) is 4.98 Å². The molecule has 2 rings (SSSR count). The maximum absolute atomic E-state index is 5.88. The van der Waals surface area contributed by atoms with Crippen molar-refractivity contribution in [3.63, 3.8) is 0 Å². The molecule has 0 fully saturated rings. The lowest BCUT2D eigenvalue weighted by atomic mass is 10.1. The molecule has 0 radical (unpaired) electrons. The normalized spacial score (nSPS) is 10.1. The van der Waals surface area contributed by atoms with E-state index in [1.165, 1.54) is 0 Å². The van der Waals surface area contributed by atoms with E-state index in [0.29, 0.717) is 10.8 Å². The lowest BCUT2D eigenvalue weighted by Gasteiger charge is -2.01. The van der Waals surface area contributed by atoms with Crippen LogP contribution >= 0.6 is 11.6 Å². The molecule has 0 aliphatic carbocycles. The third kappa shape index (κ3) is 1.86. The smallest absolute Gasteiger partial charge is 0.124 e. The largest absolute Gasteiger partial charge is 0.384 e. The average Bonchev–Trinajstić information content (AvgIpc) is 2.18. The highest BCUT2D eigenvalue weighted by Gasteiger charge is 1.99. The van der Waals surface area contributed by atoms with Crippen LogP contribution < -0.4 is 5.73 Å². The Labute approximate surface area is 87.4 Å². The van der Waals surface area contributed by atoms with E-state index in [9.17, 15) is 0 Å². The Bertz CT molecular complexity index is 411. The van der Waals surface area contributed by atoms with Gasteiger partial charge in [-0.15, -0.1) is 0 Å². The first-order valence-corrected chi connectivity index (χ1v) is 4.62. The summed E-state index contributed by atoms with van der Waals surface area (Å²) in [4.78, 5) is 4.20. The van der Waals surface area contributed by atoms with Crippen LogP contribution in [0.15, 0.2) is 42.5 Å². The van der Waals surface area contributed by atoms with Crippen molar-refractivity contribution in [3.05, 3.63) is 47.5 Å². The zero-order valence-electron chi connectivity index (χ0n) is 7.44. The maximum atomic E-state index is 5.88. The monoisotopic (exact) mass is 204 g/mol. The van der Waals surface area contributed by atoms with Crippen molar-refractivity contribution >= 4 is 17.4 Å². The molecule has 70 valence electrons. The number of anilines is 1.